The fraction of sp³-hybridized carbons (Fsp3) is 0.0351. The van der Waals surface area contributed by atoms with Crippen LogP contribution in [0.5, 0.6) is 0 Å². The summed E-state index contributed by atoms with van der Waals surface area (Å²) in [6.45, 7) is 0. The molecule has 1 aliphatic rings. The summed E-state index contributed by atoms with van der Waals surface area (Å²) in [4.78, 5) is 16.3. The highest BCUT2D eigenvalue weighted by atomic mass is 16.3. The number of furan rings is 1. The first-order chi connectivity index (χ1) is 31.7. The van der Waals surface area contributed by atoms with Crippen LogP contribution in [0.2, 0.25) is 0 Å². The first-order valence-corrected chi connectivity index (χ1v) is 21.8. The molecule has 7 heteroatoms. The molecule has 0 aliphatic heterocycles. The maximum atomic E-state index is 6.43. The van der Waals surface area contributed by atoms with E-state index < -0.39 is 0 Å². The second-order valence-corrected chi connectivity index (χ2v) is 16.7. The summed E-state index contributed by atoms with van der Waals surface area (Å²) in [7, 11) is 0. The average molecular weight is 821 g/mol. The van der Waals surface area contributed by atoms with Crippen molar-refractivity contribution in [3.05, 3.63) is 194 Å². The van der Waals surface area contributed by atoms with Crippen LogP contribution >= 0.6 is 0 Å². The molecule has 5 aromatic heterocycles. The lowest BCUT2D eigenvalue weighted by Crippen LogP contribution is -2.10. The molecule has 0 saturated carbocycles. The third-order valence-corrected chi connectivity index (χ3v) is 13.2. The van der Waals surface area contributed by atoms with Crippen LogP contribution in [0.4, 0.5) is 0 Å². The molecule has 64 heavy (non-hydrogen) atoms. The van der Waals surface area contributed by atoms with Crippen LogP contribution in [-0.4, -0.2) is 28.7 Å². The van der Waals surface area contributed by atoms with E-state index in [1.807, 2.05) is 18.2 Å². The molecule has 0 fully saturated rings. The molecule has 8 aromatic carbocycles. The van der Waals surface area contributed by atoms with Gasteiger partial charge in [-0.25, -0.2) is 0 Å². The van der Waals surface area contributed by atoms with Gasteiger partial charge in [0, 0.05) is 54.4 Å². The summed E-state index contributed by atoms with van der Waals surface area (Å²) in [5, 5.41) is 9.11. The minimum absolute atomic E-state index is 0.531. The predicted molar refractivity (Wildman–Crippen MR) is 262 cm³/mol. The monoisotopic (exact) mass is 820 g/mol. The van der Waals surface area contributed by atoms with Crippen LogP contribution in [0.25, 0.3) is 127 Å². The Labute approximate surface area is 366 Å². The Morgan fingerprint density at radius 3 is 1.64 bits per heavy atom. The number of hydrogen-bond acceptors (Lipinski definition) is 4. The minimum atomic E-state index is 0.531. The third-order valence-electron chi connectivity index (χ3n) is 13.2. The van der Waals surface area contributed by atoms with Crippen LogP contribution in [0.15, 0.2) is 199 Å². The Kier molecular flexibility index (Phi) is 7.39. The zero-order chi connectivity index (χ0) is 41.9. The van der Waals surface area contributed by atoms with Crippen molar-refractivity contribution in [2.75, 3.05) is 0 Å². The lowest BCUT2D eigenvalue weighted by molar-refractivity contribution is 0.669. The van der Waals surface area contributed by atoms with E-state index in [0.29, 0.717) is 17.7 Å². The zero-order valence-electron chi connectivity index (χ0n) is 34.5. The van der Waals surface area contributed by atoms with Crippen LogP contribution in [0, 0.1) is 0 Å². The second kappa shape index (κ2) is 13.5. The first-order valence-electron chi connectivity index (χ1n) is 21.8. The van der Waals surface area contributed by atoms with Crippen LogP contribution in [0.3, 0.4) is 0 Å². The van der Waals surface area contributed by atoms with Gasteiger partial charge in [-0.1, -0.05) is 127 Å². The number of allylic oxidation sites excluding steroid dienone is 4. The molecule has 0 saturated heterocycles. The Hall–Kier alpha value is -8.55. The molecule has 0 N–H and O–H groups in total. The van der Waals surface area contributed by atoms with Gasteiger partial charge in [-0.2, -0.15) is 15.0 Å². The van der Waals surface area contributed by atoms with Gasteiger partial charge in [-0.05, 0) is 90.7 Å². The number of rotatable bonds is 5. The van der Waals surface area contributed by atoms with Gasteiger partial charge < -0.3 is 8.98 Å². The maximum Gasteiger partial charge on any atom is 0.240 e. The molecular formula is C57H36N6O. The van der Waals surface area contributed by atoms with Gasteiger partial charge in [0.25, 0.3) is 0 Å². The van der Waals surface area contributed by atoms with E-state index in [1.165, 1.54) is 27.5 Å². The maximum absolute atomic E-state index is 6.43. The summed E-state index contributed by atoms with van der Waals surface area (Å²) < 4.78 is 13.3. The van der Waals surface area contributed by atoms with Crippen molar-refractivity contribution >= 4 is 93.1 Å². The molecule has 300 valence electrons. The van der Waals surface area contributed by atoms with Crippen molar-refractivity contribution in [1.29, 1.82) is 0 Å². The van der Waals surface area contributed by atoms with Gasteiger partial charge in [0.2, 0.25) is 11.9 Å². The Bertz CT molecular complexity index is 4140. The van der Waals surface area contributed by atoms with E-state index in [-0.39, 0.29) is 0 Å². The van der Waals surface area contributed by atoms with Crippen LogP contribution in [-0.2, 0) is 0 Å². The molecule has 7 nitrogen and oxygen atoms in total. The Balaban J connectivity index is 1.08. The van der Waals surface area contributed by atoms with Gasteiger partial charge in [0.15, 0.2) is 5.82 Å². The SMILES string of the molecule is C1=CCCC(n2c3ccccc3c3cc4c5ccccc5n(-c5nc(-c6ccc7c(c6)oc6ccccc67)nc(-n6c7ccccc7c7cc(-c8ccccc8)ccc76)n5)c4cc32)=C1. The molecule has 0 spiro atoms. The van der Waals surface area contributed by atoms with Gasteiger partial charge in [-0.3, -0.25) is 9.13 Å². The molecule has 1 aliphatic carbocycles. The molecule has 5 heterocycles. The normalized spacial score (nSPS) is 13.2. The van der Waals surface area contributed by atoms with Crippen LogP contribution < -0.4 is 0 Å². The van der Waals surface area contributed by atoms with E-state index >= 15 is 0 Å². The summed E-state index contributed by atoms with van der Waals surface area (Å²) in [6, 6.07) is 62.3. The standard InChI is InChI=1S/C57H36N6O/c1-3-15-35(16-4-1)36-28-30-50-44(31-36)39-19-8-12-24-48(39)62(50)56-58-55(37-27-29-43-42-22-10-14-26-53(42)64-54(43)32-37)59-57(60-56)63-49-25-13-9-21-41(49)46-33-45-40-20-7-11-23-47(40)61(51(45)34-52(46)63)38-17-5-2-6-18-38/h1-5,7-17,19-34H,6,18H2. The summed E-state index contributed by atoms with van der Waals surface area (Å²) in [6.07, 6.45) is 8.66. The number of nitrogens with zero attached hydrogens (tertiary/aromatic N) is 6. The fourth-order valence-electron chi connectivity index (χ4n) is 10.3. The topological polar surface area (TPSA) is 66.6 Å². The lowest BCUT2D eigenvalue weighted by Gasteiger charge is -2.14. The number of hydrogen-bond donors (Lipinski definition) is 0. The van der Waals surface area contributed by atoms with Gasteiger partial charge in [-0.15, -0.1) is 0 Å². The van der Waals surface area contributed by atoms with E-state index in [0.717, 1.165) is 95.0 Å². The van der Waals surface area contributed by atoms with Crippen LogP contribution in [0.1, 0.15) is 12.8 Å². The number of aromatic nitrogens is 6. The largest absolute Gasteiger partial charge is 0.456 e. The summed E-state index contributed by atoms with van der Waals surface area (Å²) in [5.41, 5.74) is 12.5. The van der Waals surface area contributed by atoms with Crippen molar-refractivity contribution in [1.82, 2.24) is 28.7 Å². The second-order valence-electron chi connectivity index (χ2n) is 16.7. The zero-order valence-corrected chi connectivity index (χ0v) is 34.5. The average Bonchev–Trinajstić information content (AvgIpc) is 4.09. The van der Waals surface area contributed by atoms with E-state index in [2.05, 4.69) is 190 Å². The number of para-hydroxylation sites is 4. The summed E-state index contributed by atoms with van der Waals surface area (Å²) in [5.74, 6) is 1.61. The molecule has 0 bridgehead atoms. The molecule has 0 radical (unpaired) electrons. The minimum Gasteiger partial charge on any atom is -0.456 e. The Morgan fingerprint density at radius 2 is 0.938 bits per heavy atom. The molecule has 0 atom stereocenters. The number of benzene rings is 8. The molecule has 0 amide bonds. The van der Waals surface area contributed by atoms with E-state index in [9.17, 15) is 0 Å². The smallest absolute Gasteiger partial charge is 0.240 e. The van der Waals surface area contributed by atoms with Crippen molar-refractivity contribution in [3.8, 4) is 34.4 Å². The molecular weight excluding hydrogens is 785 g/mol. The van der Waals surface area contributed by atoms with E-state index in [4.69, 9.17) is 19.4 Å². The fourth-order valence-corrected chi connectivity index (χ4v) is 10.3. The van der Waals surface area contributed by atoms with Crippen molar-refractivity contribution in [3.63, 3.8) is 0 Å². The van der Waals surface area contributed by atoms with Crippen molar-refractivity contribution in [2.45, 2.75) is 12.8 Å². The van der Waals surface area contributed by atoms with Crippen molar-refractivity contribution < 1.29 is 4.42 Å². The highest BCUT2D eigenvalue weighted by Gasteiger charge is 2.24. The van der Waals surface area contributed by atoms with Gasteiger partial charge >= 0.3 is 0 Å². The highest BCUT2D eigenvalue weighted by molar-refractivity contribution is 6.19. The predicted octanol–water partition coefficient (Wildman–Crippen LogP) is 14.6. The lowest BCUT2D eigenvalue weighted by atomic mass is 10.0. The number of fused-ring (bicyclic) bond motifs is 12. The van der Waals surface area contributed by atoms with E-state index in [1.54, 1.807) is 0 Å². The van der Waals surface area contributed by atoms with Crippen molar-refractivity contribution in [2.24, 2.45) is 0 Å². The Morgan fingerprint density at radius 1 is 0.375 bits per heavy atom. The van der Waals surface area contributed by atoms with Gasteiger partial charge in [0.1, 0.15) is 11.2 Å². The molecule has 13 aromatic rings. The summed E-state index contributed by atoms with van der Waals surface area (Å²) >= 11 is 0. The quantitative estimate of drug-likeness (QED) is 0.173. The molecule has 0 unspecified atom stereocenters. The highest BCUT2D eigenvalue weighted by Crippen LogP contribution is 2.41. The first kappa shape index (κ1) is 35.1. The third kappa shape index (κ3) is 5.12. The molecule has 14 rings (SSSR count). The van der Waals surface area contributed by atoms with Gasteiger partial charge in [0.05, 0.1) is 33.1 Å².